The lowest BCUT2D eigenvalue weighted by atomic mass is 9.39. The molecule has 1 aromatic carbocycles. The lowest BCUT2D eigenvalue weighted by Crippen LogP contribution is -2.65. The molecule has 214 valence electrons. The highest BCUT2D eigenvalue weighted by atomic mass is 19.1. The summed E-state index contributed by atoms with van der Waals surface area (Å²) in [6, 6.07) is 10.2. The third-order valence-corrected chi connectivity index (χ3v) is 12.0. The van der Waals surface area contributed by atoms with Crippen molar-refractivity contribution >= 4 is 17.5 Å². The Morgan fingerprint density at radius 2 is 1.88 bits per heavy atom. The highest BCUT2D eigenvalue weighted by molar-refractivity contribution is 6.01. The van der Waals surface area contributed by atoms with E-state index in [1.807, 2.05) is 31.2 Å². The molecule has 6 nitrogen and oxygen atoms in total. The number of likely N-dealkylation sites (tertiary alicyclic amines) is 1. The van der Waals surface area contributed by atoms with Crippen LogP contribution in [0.5, 0.6) is 0 Å². The van der Waals surface area contributed by atoms with E-state index in [2.05, 4.69) is 30.9 Å². The number of hydrogen-bond donors (Lipinski definition) is 1. The van der Waals surface area contributed by atoms with Crippen LogP contribution in [0.4, 0.5) is 4.39 Å². The van der Waals surface area contributed by atoms with Gasteiger partial charge in [-0.2, -0.15) is 0 Å². The van der Waals surface area contributed by atoms with E-state index >= 15 is 4.39 Å². The van der Waals surface area contributed by atoms with Crippen LogP contribution in [0.3, 0.4) is 0 Å². The minimum atomic E-state index is -1.28. The van der Waals surface area contributed by atoms with E-state index in [1.54, 1.807) is 0 Å². The number of alkyl halides is 1. The van der Waals surface area contributed by atoms with E-state index < -0.39 is 39.9 Å². The molecule has 7 heteroatoms. The van der Waals surface area contributed by atoms with Crippen LogP contribution in [-0.2, 0) is 25.7 Å². The van der Waals surface area contributed by atoms with E-state index in [-0.39, 0.29) is 42.3 Å². The van der Waals surface area contributed by atoms with E-state index in [0.29, 0.717) is 25.1 Å². The van der Waals surface area contributed by atoms with Crippen molar-refractivity contribution in [2.24, 2.45) is 39.4 Å². The lowest BCUT2D eigenvalue weighted by Gasteiger charge is -2.65. The van der Waals surface area contributed by atoms with Crippen LogP contribution in [0.1, 0.15) is 52.5 Å². The molecule has 3 saturated carbocycles. The maximum atomic E-state index is 16.0. The quantitative estimate of drug-likeness (QED) is 0.546. The van der Waals surface area contributed by atoms with Gasteiger partial charge in [0, 0.05) is 37.9 Å². The second-order valence-corrected chi connectivity index (χ2v) is 13.7. The molecule has 0 bridgehead atoms. The third kappa shape index (κ3) is 3.62. The Morgan fingerprint density at radius 3 is 2.58 bits per heavy atom. The molecule has 0 amide bonds. The van der Waals surface area contributed by atoms with E-state index in [4.69, 9.17) is 4.74 Å². The Labute approximate surface area is 235 Å². The number of benzene rings is 1. The average Bonchev–Trinajstić information content (AvgIpc) is 3.34. The van der Waals surface area contributed by atoms with Gasteiger partial charge in [0.05, 0.1) is 11.5 Å². The van der Waals surface area contributed by atoms with Crippen molar-refractivity contribution in [3.63, 3.8) is 0 Å². The van der Waals surface area contributed by atoms with Crippen molar-refractivity contribution in [3.8, 4) is 0 Å². The first-order chi connectivity index (χ1) is 18.9. The summed E-state index contributed by atoms with van der Waals surface area (Å²) in [6.45, 7) is 9.26. The molecule has 9 unspecified atom stereocenters. The van der Waals surface area contributed by atoms with E-state index in [9.17, 15) is 19.5 Å². The molecule has 1 saturated heterocycles. The van der Waals surface area contributed by atoms with Crippen LogP contribution >= 0.6 is 0 Å². The minimum Gasteiger partial charge on any atom is -0.458 e. The number of ether oxygens (including phenoxy) is 1. The highest BCUT2D eigenvalue weighted by Crippen LogP contribution is 2.77. The molecular formula is C33H40FNO5. The van der Waals surface area contributed by atoms with E-state index in [1.165, 1.54) is 24.6 Å². The molecule has 1 aliphatic heterocycles. The molecule has 0 radical (unpaired) electrons. The van der Waals surface area contributed by atoms with Crippen LogP contribution in [0.25, 0.3) is 0 Å². The van der Waals surface area contributed by atoms with Crippen LogP contribution in [0.2, 0.25) is 0 Å². The van der Waals surface area contributed by atoms with Gasteiger partial charge in [-0.1, -0.05) is 57.2 Å². The number of fused-ring (bicyclic) bond motifs is 7. The van der Waals surface area contributed by atoms with Crippen molar-refractivity contribution in [1.29, 1.82) is 0 Å². The van der Waals surface area contributed by atoms with E-state index in [0.717, 1.165) is 13.0 Å². The van der Waals surface area contributed by atoms with Gasteiger partial charge >= 0.3 is 5.97 Å². The second kappa shape index (κ2) is 9.18. The zero-order valence-corrected chi connectivity index (χ0v) is 23.9. The Morgan fingerprint density at radius 1 is 1.15 bits per heavy atom. The molecule has 4 fully saturated rings. The zero-order valence-electron chi connectivity index (χ0n) is 23.9. The fourth-order valence-corrected chi connectivity index (χ4v) is 10.2. The maximum Gasteiger partial charge on any atom is 0.303 e. The Balaban J connectivity index is 1.42. The minimum absolute atomic E-state index is 0.00787. The normalized spacial score (nSPS) is 43.8. The fourth-order valence-electron chi connectivity index (χ4n) is 10.2. The number of carbonyl (C=O) groups is 3. The SMILES string of the molecule is CC(=O)OCC(=O)C12CN(Cc3ccccc3)CC1CC1(C)C3CC(F)C4=CC(=O)C=CC4(C)C3C(O)CC12C. The maximum absolute atomic E-state index is 16.0. The number of ketones is 2. The molecule has 9 atom stereocenters. The van der Waals surface area contributed by atoms with Crippen molar-refractivity contribution in [1.82, 2.24) is 4.90 Å². The Hall–Kier alpha value is -2.64. The van der Waals surface area contributed by atoms with Crippen LogP contribution in [0.15, 0.2) is 54.1 Å². The van der Waals surface area contributed by atoms with Crippen LogP contribution in [0, 0.1) is 39.4 Å². The van der Waals surface area contributed by atoms with Crippen molar-refractivity contribution in [3.05, 3.63) is 59.7 Å². The molecule has 1 heterocycles. The predicted molar refractivity (Wildman–Crippen MR) is 148 cm³/mol. The molecular weight excluding hydrogens is 509 g/mol. The standard InChI is InChI=1S/C33H40FNO5/c1-20(36)40-18-28(39)33-19-35(16-21-8-6-5-7-9-21)17-22(33)14-31(3)25-13-26(34)24-12-23(37)10-11-30(24,2)29(25)27(38)15-32(31,33)4/h5-12,22,25-27,29,38H,13-19H2,1-4H3. The lowest BCUT2D eigenvalue weighted by molar-refractivity contribution is -0.191. The molecule has 0 aromatic heterocycles. The largest absolute Gasteiger partial charge is 0.458 e. The molecule has 1 aromatic rings. The summed E-state index contributed by atoms with van der Waals surface area (Å²) in [5.41, 5.74) is -1.02. The van der Waals surface area contributed by atoms with Gasteiger partial charge in [-0.15, -0.1) is 0 Å². The average molecular weight is 550 g/mol. The summed E-state index contributed by atoms with van der Waals surface area (Å²) in [5.74, 6) is -1.24. The number of aliphatic hydroxyl groups is 1. The van der Waals surface area contributed by atoms with Crippen molar-refractivity contribution in [2.45, 2.75) is 65.8 Å². The summed E-state index contributed by atoms with van der Waals surface area (Å²) in [7, 11) is 0. The van der Waals surface area contributed by atoms with Crippen molar-refractivity contribution < 1.29 is 28.6 Å². The number of aliphatic hydroxyl groups excluding tert-OH is 1. The molecule has 5 aliphatic rings. The van der Waals surface area contributed by atoms with Gasteiger partial charge in [0.2, 0.25) is 0 Å². The number of esters is 1. The first-order valence-corrected chi connectivity index (χ1v) is 14.6. The molecule has 0 spiro atoms. The number of hydrogen-bond acceptors (Lipinski definition) is 6. The van der Waals surface area contributed by atoms with Gasteiger partial charge in [0.1, 0.15) is 6.17 Å². The van der Waals surface area contributed by atoms with Crippen LogP contribution < -0.4 is 0 Å². The summed E-state index contributed by atoms with van der Waals surface area (Å²) < 4.78 is 21.3. The van der Waals surface area contributed by atoms with Gasteiger partial charge in [0.15, 0.2) is 18.2 Å². The monoisotopic (exact) mass is 549 g/mol. The summed E-state index contributed by atoms with van der Waals surface area (Å²) in [6.07, 6.45) is 4.05. The van der Waals surface area contributed by atoms with Gasteiger partial charge in [-0.25, -0.2) is 4.39 Å². The summed E-state index contributed by atoms with van der Waals surface area (Å²) in [5, 5.41) is 11.9. The first-order valence-electron chi connectivity index (χ1n) is 14.6. The number of allylic oxidation sites excluding steroid dienone is 4. The van der Waals surface area contributed by atoms with Gasteiger partial charge < -0.3 is 9.84 Å². The predicted octanol–water partition coefficient (Wildman–Crippen LogP) is 4.46. The Kier molecular flexibility index (Phi) is 6.32. The topological polar surface area (TPSA) is 83.9 Å². The molecule has 40 heavy (non-hydrogen) atoms. The molecule has 6 rings (SSSR count). The number of carbonyl (C=O) groups excluding carboxylic acids is 3. The van der Waals surface area contributed by atoms with Gasteiger partial charge in [-0.05, 0) is 65.2 Å². The number of Topliss-reactive ketones (excluding diaryl/α,β-unsaturated/α-hetero) is 1. The summed E-state index contributed by atoms with van der Waals surface area (Å²) in [4.78, 5) is 40.6. The second-order valence-electron chi connectivity index (χ2n) is 13.7. The van der Waals surface area contributed by atoms with Crippen LogP contribution in [-0.4, -0.2) is 59.5 Å². The third-order valence-electron chi connectivity index (χ3n) is 12.0. The number of halogens is 1. The number of nitrogens with zero attached hydrogens (tertiary/aromatic N) is 1. The molecule has 1 N–H and O–H groups in total. The van der Waals surface area contributed by atoms with Crippen molar-refractivity contribution in [2.75, 3.05) is 19.7 Å². The zero-order chi connectivity index (χ0) is 28.7. The highest BCUT2D eigenvalue weighted by Gasteiger charge is 2.78. The first kappa shape index (κ1) is 27.5. The number of rotatable bonds is 5. The van der Waals surface area contributed by atoms with Gasteiger partial charge in [0.25, 0.3) is 0 Å². The summed E-state index contributed by atoms with van der Waals surface area (Å²) >= 11 is 0. The fraction of sp³-hybridized carbons (Fsp3) is 0.606. The molecule has 4 aliphatic carbocycles. The Bertz CT molecular complexity index is 1310. The van der Waals surface area contributed by atoms with Gasteiger partial charge in [-0.3, -0.25) is 19.3 Å². The smallest absolute Gasteiger partial charge is 0.303 e.